The van der Waals surface area contributed by atoms with Crippen molar-refractivity contribution in [2.75, 3.05) is 13.1 Å². The van der Waals surface area contributed by atoms with Crippen molar-refractivity contribution in [3.05, 3.63) is 78.9 Å². The third-order valence-electron chi connectivity index (χ3n) is 6.54. The Kier molecular flexibility index (Phi) is 8.53. The summed E-state index contributed by atoms with van der Waals surface area (Å²) in [4.78, 5) is 37.5. The molecule has 204 valence electrons. The molecular formula is C26H29F3N4O5. The first-order valence-corrected chi connectivity index (χ1v) is 12.2. The van der Waals surface area contributed by atoms with Crippen LogP contribution in [0.5, 0.6) is 0 Å². The molecule has 2 heterocycles. The fourth-order valence-electron chi connectivity index (χ4n) is 4.87. The van der Waals surface area contributed by atoms with E-state index in [1.54, 1.807) is 32.0 Å². The van der Waals surface area contributed by atoms with E-state index in [0.29, 0.717) is 11.5 Å². The minimum Gasteiger partial charge on any atom is -0.327 e. The van der Waals surface area contributed by atoms with Crippen LogP contribution in [0.25, 0.3) is 0 Å². The number of hydrogen-bond donors (Lipinski definition) is 0. The van der Waals surface area contributed by atoms with Crippen LogP contribution >= 0.6 is 0 Å². The fourth-order valence-corrected chi connectivity index (χ4v) is 4.87. The number of fused-ring (bicyclic) bond motifs is 2. The lowest BCUT2D eigenvalue weighted by Gasteiger charge is -2.39. The van der Waals surface area contributed by atoms with E-state index in [9.17, 15) is 38.2 Å². The predicted molar refractivity (Wildman–Crippen MR) is 135 cm³/mol. The highest BCUT2D eigenvalue weighted by Crippen LogP contribution is 2.39. The molecule has 38 heavy (non-hydrogen) atoms. The summed E-state index contributed by atoms with van der Waals surface area (Å²) in [6, 6.07) is 8.41. The number of carbonyl (C=O) groups excluding carboxylic acids is 1. The summed E-state index contributed by atoms with van der Waals surface area (Å²) >= 11 is 0. The van der Waals surface area contributed by atoms with Crippen LogP contribution in [0.3, 0.4) is 0 Å². The Morgan fingerprint density at radius 3 is 2.08 bits per heavy atom. The number of hydrogen-bond acceptors (Lipinski definition) is 6. The lowest BCUT2D eigenvalue weighted by Crippen LogP contribution is -2.48. The van der Waals surface area contributed by atoms with Gasteiger partial charge in [-0.15, -0.1) is 0 Å². The molecule has 0 spiro atoms. The quantitative estimate of drug-likeness (QED) is 0.361. The summed E-state index contributed by atoms with van der Waals surface area (Å²) in [6.07, 6.45) is -3.83. The fraction of sp³-hybridized carbons (Fsp3) is 0.462. The Bertz CT molecular complexity index is 1270. The van der Waals surface area contributed by atoms with Crippen LogP contribution in [0.15, 0.2) is 41.4 Å². The topological polar surface area (TPSA) is 119 Å². The Morgan fingerprint density at radius 2 is 1.55 bits per heavy atom. The molecule has 2 aromatic carbocycles. The zero-order valence-corrected chi connectivity index (χ0v) is 21.5. The number of non-ortho nitro benzene ring substituents is 2. The van der Waals surface area contributed by atoms with Crippen molar-refractivity contribution in [2.24, 2.45) is 16.8 Å². The summed E-state index contributed by atoms with van der Waals surface area (Å²) in [6.45, 7) is 8.24. The van der Waals surface area contributed by atoms with Crippen LogP contribution in [0.2, 0.25) is 0 Å². The van der Waals surface area contributed by atoms with Crippen LogP contribution in [-0.2, 0) is 17.6 Å². The molecule has 1 atom stereocenters. The zero-order chi connectivity index (χ0) is 28.4. The SMILES string of the molecule is CC(C)C1=NCCc2ccc([N+](=O)[O-])cc21.CC(C)C1c2cc([N+](=O)[O-])ccc2CCN1C(=O)C(F)(F)F. The predicted octanol–water partition coefficient (Wildman–Crippen LogP) is 5.83. The number of halogens is 3. The van der Waals surface area contributed by atoms with E-state index in [2.05, 4.69) is 18.8 Å². The van der Waals surface area contributed by atoms with Crippen LogP contribution in [0.1, 0.15) is 56.0 Å². The smallest absolute Gasteiger partial charge is 0.327 e. The summed E-state index contributed by atoms with van der Waals surface area (Å²) in [5.41, 5.74) is 4.24. The number of alkyl halides is 3. The maximum Gasteiger partial charge on any atom is 0.471 e. The highest BCUT2D eigenvalue weighted by Gasteiger charge is 2.47. The van der Waals surface area contributed by atoms with E-state index in [-0.39, 0.29) is 35.2 Å². The van der Waals surface area contributed by atoms with E-state index in [4.69, 9.17) is 0 Å². The van der Waals surface area contributed by atoms with Gasteiger partial charge in [0.1, 0.15) is 0 Å². The molecule has 0 bridgehead atoms. The standard InChI is InChI=1S/C14H15F3N2O3.C12H14N2O2/c1-8(2)12-11-7-10(19(21)22)4-3-9(11)5-6-18(12)13(20)14(15,16)17;1-8(2)12-11-7-10(14(15)16)4-3-9(11)5-6-13-12/h3-4,7-8,12H,5-6H2,1-2H3;3-4,7-8H,5-6H2,1-2H3. The van der Waals surface area contributed by atoms with Crippen LogP contribution in [-0.4, -0.2) is 45.6 Å². The molecule has 4 rings (SSSR count). The molecule has 2 aliphatic rings. The molecule has 0 saturated carbocycles. The summed E-state index contributed by atoms with van der Waals surface area (Å²) < 4.78 is 38.3. The number of benzene rings is 2. The maximum absolute atomic E-state index is 12.8. The highest BCUT2D eigenvalue weighted by molar-refractivity contribution is 6.04. The van der Waals surface area contributed by atoms with Gasteiger partial charge in [0.2, 0.25) is 0 Å². The molecule has 2 aliphatic heterocycles. The van der Waals surface area contributed by atoms with Crippen LogP contribution in [0.4, 0.5) is 24.5 Å². The first-order valence-electron chi connectivity index (χ1n) is 12.2. The molecule has 1 unspecified atom stereocenters. The van der Waals surface area contributed by atoms with Gasteiger partial charge < -0.3 is 4.90 Å². The molecule has 0 radical (unpaired) electrons. The van der Waals surface area contributed by atoms with E-state index >= 15 is 0 Å². The molecule has 0 N–H and O–H groups in total. The monoisotopic (exact) mass is 534 g/mol. The van der Waals surface area contributed by atoms with Gasteiger partial charge in [-0.05, 0) is 41.4 Å². The maximum atomic E-state index is 12.8. The van der Waals surface area contributed by atoms with Gasteiger partial charge in [-0.1, -0.05) is 39.8 Å². The second kappa shape index (κ2) is 11.3. The van der Waals surface area contributed by atoms with Crippen molar-refractivity contribution in [3.63, 3.8) is 0 Å². The third-order valence-corrected chi connectivity index (χ3v) is 6.54. The first-order chi connectivity index (χ1) is 17.7. The number of rotatable bonds is 4. The van der Waals surface area contributed by atoms with Crippen molar-refractivity contribution >= 4 is 23.0 Å². The lowest BCUT2D eigenvalue weighted by molar-refractivity contribution is -0.385. The van der Waals surface area contributed by atoms with Gasteiger partial charge in [0.05, 0.1) is 15.9 Å². The molecule has 0 aliphatic carbocycles. The largest absolute Gasteiger partial charge is 0.471 e. The van der Waals surface area contributed by atoms with Crippen molar-refractivity contribution in [1.82, 2.24) is 4.90 Å². The van der Waals surface area contributed by atoms with E-state index < -0.39 is 23.0 Å². The third kappa shape index (κ3) is 6.17. The number of amides is 1. The molecule has 9 nitrogen and oxygen atoms in total. The van der Waals surface area contributed by atoms with Crippen molar-refractivity contribution < 1.29 is 27.8 Å². The minimum atomic E-state index is -4.95. The normalized spacial score (nSPS) is 16.7. The number of nitro benzene ring substituents is 2. The molecule has 0 fully saturated rings. The van der Waals surface area contributed by atoms with Gasteiger partial charge in [-0.25, -0.2) is 0 Å². The van der Waals surface area contributed by atoms with Gasteiger partial charge >= 0.3 is 12.1 Å². The van der Waals surface area contributed by atoms with Crippen molar-refractivity contribution in [2.45, 2.75) is 52.8 Å². The zero-order valence-electron chi connectivity index (χ0n) is 21.5. The molecular weight excluding hydrogens is 505 g/mol. The van der Waals surface area contributed by atoms with E-state index in [1.807, 2.05) is 6.07 Å². The molecule has 1 amide bonds. The molecule has 2 aromatic rings. The van der Waals surface area contributed by atoms with Gasteiger partial charge in [-0.3, -0.25) is 30.0 Å². The van der Waals surface area contributed by atoms with Crippen molar-refractivity contribution in [1.29, 1.82) is 0 Å². The summed E-state index contributed by atoms with van der Waals surface area (Å²) in [7, 11) is 0. The average Bonchev–Trinajstić information content (AvgIpc) is 2.85. The van der Waals surface area contributed by atoms with E-state index in [1.165, 1.54) is 17.7 Å². The van der Waals surface area contributed by atoms with Crippen molar-refractivity contribution in [3.8, 4) is 0 Å². The number of nitro groups is 2. The Labute approximate surface area is 217 Å². The molecule has 0 saturated heterocycles. The number of nitrogens with zero attached hydrogens (tertiary/aromatic N) is 4. The van der Waals surface area contributed by atoms with Gasteiger partial charge in [-0.2, -0.15) is 13.2 Å². The average molecular weight is 535 g/mol. The minimum absolute atomic E-state index is 0.0496. The molecule has 0 aromatic heterocycles. The summed E-state index contributed by atoms with van der Waals surface area (Å²) in [5, 5.41) is 21.6. The highest BCUT2D eigenvalue weighted by atomic mass is 19.4. The Hall–Kier alpha value is -3.83. The van der Waals surface area contributed by atoms with Gasteiger partial charge in [0.15, 0.2) is 0 Å². The van der Waals surface area contributed by atoms with Gasteiger partial charge in [0.25, 0.3) is 11.4 Å². The second-order valence-electron chi connectivity index (χ2n) is 9.85. The van der Waals surface area contributed by atoms with Crippen LogP contribution < -0.4 is 0 Å². The Balaban J connectivity index is 0.000000221. The summed E-state index contributed by atoms with van der Waals surface area (Å²) in [5.74, 6) is -1.89. The van der Waals surface area contributed by atoms with E-state index in [0.717, 1.165) is 34.7 Å². The van der Waals surface area contributed by atoms with Gasteiger partial charge in [0, 0.05) is 48.6 Å². The van der Waals surface area contributed by atoms with Crippen LogP contribution in [0, 0.1) is 32.1 Å². The lowest BCUT2D eigenvalue weighted by atomic mass is 9.86. The number of aliphatic imine (C=N–C) groups is 1. The number of carbonyl (C=O) groups is 1. The Morgan fingerprint density at radius 1 is 0.974 bits per heavy atom. The first kappa shape index (κ1) is 28.7. The second-order valence-corrected chi connectivity index (χ2v) is 9.85. The molecule has 12 heteroatoms.